The minimum Gasteiger partial charge on any atom is -0.496 e. The molecule has 2 heteroatoms. The van der Waals surface area contributed by atoms with Crippen molar-refractivity contribution in [3.05, 3.63) is 29.8 Å². The van der Waals surface area contributed by atoms with Gasteiger partial charge in [0, 0.05) is 18.2 Å². The van der Waals surface area contributed by atoms with Gasteiger partial charge in [-0.25, -0.2) is 0 Å². The fraction of sp³-hybridized carbons (Fsp3) is 0.625. The van der Waals surface area contributed by atoms with Gasteiger partial charge in [0.2, 0.25) is 0 Å². The summed E-state index contributed by atoms with van der Waals surface area (Å²) in [5, 5.41) is 3.71. The molecule has 100 valence electrons. The summed E-state index contributed by atoms with van der Waals surface area (Å²) in [6.07, 6.45) is 4.00. The zero-order chi connectivity index (χ0) is 13.0. The van der Waals surface area contributed by atoms with Crippen LogP contribution in [0.2, 0.25) is 0 Å². The molecule has 1 aliphatic carbocycles. The van der Waals surface area contributed by atoms with Crippen molar-refractivity contribution in [2.75, 3.05) is 7.11 Å². The van der Waals surface area contributed by atoms with Crippen molar-refractivity contribution < 1.29 is 4.74 Å². The third kappa shape index (κ3) is 2.86. The Morgan fingerprint density at radius 2 is 2.06 bits per heavy atom. The van der Waals surface area contributed by atoms with E-state index in [-0.39, 0.29) is 0 Å². The Balaban J connectivity index is 1.92. The number of methoxy groups -OCH3 is 1. The molecule has 2 nitrogen and oxygen atoms in total. The maximum Gasteiger partial charge on any atom is 0.123 e. The van der Waals surface area contributed by atoms with Crippen LogP contribution in [0.1, 0.15) is 38.7 Å². The van der Waals surface area contributed by atoms with E-state index in [9.17, 15) is 0 Å². The van der Waals surface area contributed by atoms with E-state index >= 15 is 0 Å². The molecule has 0 aliphatic heterocycles. The molecule has 1 N–H and O–H groups in total. The normalized spacial score (nSPS) is 27.4. The first kappa shape index (κ1) is 13.4. The van der Waals surface area contributed by atoms with E-state index in [1.54, 1.807) is 7.11 Å². The van der Waals surface area contributed by atoms with Gasteiger partial charge in [0.15, 0.2) is 0 Å². The zero-order valence-corrected chi connectivity index (χ0v) is 11.8. The largest absolute Gasteiger partial charge is 0.496 e. The number of hydrogen-bond donors (Lipinski definition) is 1. The van der Waals surface area contributed by atoms with Crippen LogP contribution in [-0.2, 0) is 6.54 Å². The van der Waals surface area contributed by atoms with E-state index < -0.39 is 0 Å². The van der Waals surface area contributed by atoms with Crippen LogP contribution >= 0.6 is 0 Å². The fourth-order valence-electron chi connectivity index (χ4n) is 3.20. The number of benzene rings is 1. The molecule has 0 radical (unpaired) electrons. The highest BCUT2D eigenvalue weighted by Gasteiger charge is 2.30. The monoisotopic (exact) mass is 247 g/mol. The van der Waals surface area contributed by atoms with E-state index in [1.807, 2.05) is 12.1 Å². The number of hydrogen-bond acceptors (Lipinski definition) is 2. The van der Waals surface area contributed by atoms with Gasteiger partial charge in [-0.15, -0.1) is 0 Å². The number of ether oxygens (including phenoxy) is 1. The van der Waals surface area contributed by atoms with Gasteiger partial charge >= 0.3 is 0 Å². The summed E-state index contributed by atoms with van der Waals surface area (Å²) in [5.41, 5.74) is 1.26. The Kier molecular flexibility index (Phi) is 4.65. The second-order valence-corrected chi connectivity index (χ2v) is 5.40. The van der Waals surface area contributed by atoms with Gasteiger partial charge in [0.05, 0.1) is 7.11 Å². The molecule has 1 fully saturated rings. The molecule has 2 rings (SSSR count). The molecule has 0 bridgehead atoms. The van der Waals surface area contributed by atoms with Crippen molar-refractivity contribution in [2.24, 2.45) is 11.8 Å². The molecule has 1 aliphatic rings. The van der Waals surface area contributed by atoms with Crippen molar-refractivity contribution >= 4 is 0 Å². The van der Waals surface area contributed by atoms with Crippen LogP contribution in [0.25, 0.3) is 0 Å². The molecule has 1 saturated carbocycles. The van der Waals surface area contributed by atoms with Gasteiger partial charge in [-0.2, -0.15) is 0 Å². The Morgan fingerprint density at radius 1 is 1.28 bits per heavy atom. The predicted molar refractivity (Wildman–Crippen MR) is 75.8 cm³/mol. The third-order valence-corrected chi connectivity index (χ3v) is 4.50. The smallest absolute Gasteiger partial charge is 0.123 e. The molecular formula is C16H25NO. The Hall–Kier alpha value is -1.02. The van der Waals surface area contributed by atoms with Crippen LogP contribution in [-0.4, -0.2) is 13.2 Å². The average Bonchev–Trinajstić information content (AvgIpc) is 2.77. The van der Waals surface area contributed by atoms with Crippen LogP contribution in [0.15, 0.2) is 24.3 Å². The van der Waals surface area contributed by atoms with Crippen LogP contribution in [0.5, 0.6) is 5.75 Å². The highest BCUT2D eigenvalue weighted by Crippen LogP contribution is 2.34. The van der Waals surface area contributed by atoms with Gasteiger partial charge in [-0.3, -0.25) is 0 Å². The molecule has 3 atom stereocenters. The minimum atomic E-state index is 0.667. The SMILES string of the molecule is CCC1CCC(NCc2ccccc2OC)C1C. The molecule has 0 saturated heterocycles. The maximum absolute atomic E-state index is 5.39. The maximum atomic E-state index is 5.39. The summed E-state index contributed by atoms with van der Waals surface area (Å²) in [6, 6.07) is 8.94. The summed E-state index contributed by atoms with van der Waals surface area (Å²) in [4.78, 5) is 0. The van der Waals surface area contributed by atoms with E-state index in [2.05, 4.69) is 31.3 Å². The van der Waals surface area contributed by atoms with Crippen LogP contribution in [0.4, 0.5) is 0 Å². The van der Waals surface area contributed by atoms with Crippen molar-refractivity contribution in [3.63, 3.8) is 0 Å². The number of rotatable bonds is 5. The van der Waals surface area contributed by atoms with E-state index in [0.717, 1.165) is 24.1 Å². The first-order valence-electron chi connectivity index (χ1n) is 7.11. The van der Waals surface area contributed by atoms with Gasteiger partial charge in [0.1, 0.15) is 5.75 Å². The van der Waals surface area contributed by atoms with Crippen molar-refractivity contribution in [1.29, 1.82) is 0 Å². The Bertz CT molecular complexity index is 377. The summed E-state index contributed by atoms with van der Waals surface area (Å²) < 4.78 is 5.39. The van der Waals surface area contributed by atoms with Crippen LogP contribution < -0.4 is 10.1 Å². The molecule has 0 amide bonds. The topological polar surface area (TPSA) is 21.3 Å². The minimum absolute atomic E-state index is 0.667. The zero-order valence-electron chi connectivity index (χ0n) is 11.8. The van der Waals surface area contributed by atoms with E-state index in [4.69, 9.17) is 4.74 Å². The lowest BCUT2D eigenvalue weighted by atomic mass is 9.93. The molecule has 0 heterocycles. The lowest BCUT2D eigenvalue weighted by molar-refractivity contribution is 0.341. The molecule has 18 heavy (non-hydrogen) atoms. The molecule has 1 aromatic carbocycles. The third-order valence-electron chi connectivity index (χ3n) is 4.50. The average molecular weight is 247 g/mol. The summed E-state index contributed by atoms with van der Waals surface area (Å²) in [7, 11) is 1.74. The van der Waals surface area contributed by atoms with Crippen molar-refractivity contribution in [1.82, 2.24) is 5.32 Å². The molecule has 0 spiro atoms. The van der Waals surface area contributed by atoms with Crippen LogP contribution in [0.3, 0.4) is 0 Å². The Morgan fingerprint density at radius 3 is 2.72 bits per heavy atom. The van der Waals surface area contributed by atoms with Gasteiger partial charge in [-0.05, 0) is 30.7 Å². The lowest BCUT2D eigenvalue weighted by Gasteiger charge is -2.21. The summed E-state index contributed by atoms with van der Waals surface area (Å²) in [5.74, 6) is 2.69. The highest BCUT2D eigenvalue weighted by atomic mass is 16.5. The van der Waals surface area contributed by atoms with Crippen molar-refractivity contribution in [3.8, 4) is 5.75 Å². The predicted octanol–water partition coefficient (Wildman–Crippen LogP) is 3.61. The molecule has 3 unspecified atom stereocenters. The van der Waals surface area contributed by atoms with E-state index in [0.29, 0.717) is 6.04 Å². The van der Waals surface area contributed by atoms with Gasteiger partial charge in [0.25, 0.3) is 0 Å². The molecule has 1 aromatic rings. The molecular weight excluding hydrogens is 222 g/mol. The van der Waals surface area contributed by atoms with Crippen molar-refractivity contribution in [2.45, 2.75) is 45.7 Å². The second-order valence-electron chi connectivity index (χ2n) is 5.40. The first-order valence-corrected chi connectivity index (χ1v) is 7.11. The standard InChI is InChI=1S/C16H25NO/c1-4-13-9-10-15(12(13)2)17-11-14-7-5-6-8-16(14)18-3/h5-8,12-13,15,17H,4,9-11H2,1-3H3. The summed E-state index contributed by atoms with van der Waals surface area (Å²) >= 11 is 0. The quantitative estimate of drug-likeness (QED) is 0.858. The van der Waals surface area contributed by atoms with E-state index in [1.165, 1.54) is 24.8 Å². The molecule has 0 aromatic heterocycles. The highest BCUT2D eigenvalue weighted by molar-refractivity contribution is 5.33. The number of para-hydroxylation sites is 1. The number of nitrogens with one attached hydrogen (secondary N) is 1. The lowest BCUT2D eigenvalue weighted by Crippen LogP contribution is -2.32. The van der Waals surface area contributed by atoms with Gasteiger partial charge < -0.3 is 10.1 Å². The van der Waals surface area contributed by atoms with Crippen LogP contribution in [0, 0.1) is 11.8 Å². The summed E-state index contributed by atoms with van der Waals surface area (Å²) in [6.45, 7) is 5.61. The Labute approximate surface area is 111 Å². The second kappa shape index (κ2) is 6.24. The van der Waals surface area contributed by atoms with Gasteiger partial charge in [-0.1, -0.05) is 38.5 Å². The first-order chi connectivity index (χ1) is 8.76. The fourth-order valence-corrected chi connectivity index (χ4v) is 3.20.